The van der Waals surface area contributed by atoms with Crippen molar-refractivity contribution in [1.29, 1.82) is 0 Å². The lowest BCUT2D eigenvalue weighted by molar-refractivity contribution is -0.0976. The molecule has 2 N–H and O–H groups in total. The van der Waals surface area contributed by atoms with Gasteiger partial charge in [-0.15, -0.1) is 0 Å². The summed E-state index contributed by atoms with van der Waals surface area (Å²) in [7, 11) is 0. The van der Waals surface area contributed by atoms with Crippen molar-refractivity contribution in [3.05, 3.63) is 0 Å². The Morgan fingerprint density at radius 2 is 1.58 bits per heavy atom. The summed E-state index contributed by atoms with van der Waals surface area (Å²) in [5.41, 5.74) is 1.93. The van der Waals surface area contributed by atoms with E-state index in [2.05, 4.69) is 44.9 Å². The van der Waals surface area contributed by atoms with E-state index in [9.17, 15) is 10.4 Å². The van der Waals surface area contributed by atoms with Gasteiger partial charge in [0.1, 0.15) is 11.4 Å². The van der Waals surface area contributed by atoms with Crippen LogP contribution in [0.25, 0.3) is 0 Å². The third-order valence-corrected chi connectivity index (χ3v) is 10.8. The van der Waals surface area contributed by atoms with E-state index in [4.69, 9.17) is 0 Å². The second kappa shape index (κ2) is 8.71. The number of rotatable bonds is 5. The molecule has 4 nitrogen and oxygen atoms in total. The van der Waals surface area contributed by atoms with Crippen molar-refractivity contribution in [3.8, 4) is 0 Å². The van der Waals surface area contributed by atoms with E-state index in [0.29, 0.717) is 22.8 Å². The zero-order valence-corrected chi connectivity index (χ0v) is 20.6. The van der Waals surface area contributed by atoms with Crippen LogP contribution in [-0.4, -0.2) is 21.8 Å². The summed E-state index contributed by atoms with van der Waals surface area (Å²) in [4.78, 5) is 0. The first-order valence-electron chi connectivity index (χ1n) is 13.2. The van der Waals surface area contributed by atoms with Crippen LogP contribution in [0.4, 0.5) is 0 Å². The van der Waals surface area contributed by atoms with Gasteiger partial charge in [0, 0.05) is 6.42 Å². The smallest absolute Gasteiger partial charge is 0.105 e. The fourth-order valence-corrected chi connectivity index (χ4v) is 9.18. The van der Waals surface area contributed by atoms with Crippen LogP contribution in [-0.2, 0) is 0 Å². The average Bonchev–Trinajstić information content (AvgIpc) is 3.09. The van der Waals surface area contributed by atoms with Crippen molar-refractivity contribution in [2.45, 2.75) is 105 Å². The summed E-state index contributed by atoms with van der Waals surface area (Å²) < 4.78 is 0. The fraction of sp³-hybridized carbons (Fsp3) is 0.926. The molecule has 4 heteroatoms. The van der Waals surface area contributed by atoms with Crippen LogP contribution in [0.2, 0.25) is 0 Å². The SMILES string of the molecule is CC(C)CCC[C@@H](C)[C@H]1CC[C@H]2[C@@H]3CC[C@H]4CC(=N\O)/C(=N/O)C[C@]4(C)[C@H]3CC[C@]12C. The Morgan fingerprint density at radius 3 is 2.26 bits per heavy atom. The van der Waals surface area contributed by atoms with E-state index >= 15 is 0 Å². The van der Waals surface area contributed by atoms with Crippen molar-refractivity contribution in [1.82, 2.24) is 0 Å². The molecule has 4 fully saturated rings. The Kier molecular flexibility index (Phi) is 6.49. The molecule has 0 radical (unpaired) electrons. The van der Waals surface area contributed by atoms with Gasteiger partial charge in [0.25, 0.3) is 0 Å². The summed E-state index contributed by atoms with van der Waals surface area (Å²) in [5, 5.41) is 26.0. The van der Waals surface area contributed by atoms with Crippen LogP contribution in [0.15, 0.2) is 10.3 Å². The topological polar surface area (TPSA) is 65.2 Å². The minimum Gasteiger partial charge on any atom is -0.411 e. The third-order valence-electron chi connectivity index (χ3n) is 10.8. The van der Waals surface area contributed by atoms with Crippen molar-refractivity contribution >= 4 is 11.4 Å². The molecule has 176 valence electrons. The molecule has 0 aromatic rings. The molecule has 0 aliphatic heterocycles. The summed E-state index contributed by atoms with van der Waals surface area (Å²) >= 11 is 0. The minimum absolute atomic E-state index is 0.182. The maximum atomic E-state index is 9.58. The van der Waals surface area contributed by atoms with Crippen molar-refractivity contribution in [2.75, 3.05) is 0 Å². The highest BCUT2D eigenvalue weighted by atomic mass is 16.4. The lowest BCUT2D eigenvalue weighted by atomic mass is 9.44. The molecule has 4 aliphatic rings. The molecule has 0 unspecified atom stereocenters. The van der Waals surface area contributed by atoms with E-state index in [-0.39, 0.29) is 5.41 Å². The van der Waals surface area contributed by atoms with Crippen molar-refractivity contribution < 1.29 is 10.4 Å². The van der Waals surface area contributed by atoms with Gasteiger partial charge < -0.3 is 10.4 Å². The molecule has 0 bridgehead atoms. The van der Waals surface area contributed by atoms with Crippen LogP contribution in [0.3, 0.4) is 0 Å². The Morgan fingerprint density at radius 1 is 0.871 bits per heavy atom. The van der Waals surface area contributed by atoms with E-state index in [1.165, 1.54) is 57.8 Å². The van der Waals surface area contributed by atoms with Crippen LogP contribution >= 0.6 is 0 Å². The summed E-state index contributed by atoms with van der Waals surface area (Å²) in [5.74, 6) is 5.53. The van der Waals surface area contributed by atoms with E-state index in [0.717, 1.165) is 48.3 Å². The standard InChI is InChI=1S/C27H46N2O2/c1-17(2)7-6-8-18(3)21-11-12-22-20-10-9-19-15-24(28-30)25(29-31)16-27(19,5)23(20)13-14-26(21,22)4/h17-23,30-31H,6-16H2,1-5H3/b28-24+,29-25+/t18-,19+,20+,21-,22+,23+,26-,27+/m1/s1. The first-order valence-corrected chi connectivity index (χ1v) is 13.2. The van der Waals surface area contributed by atoms with Crippen molar-refractivity contribution in [2.24, 2.45) is 62.6 Å². The molecule has 4 aliphatic carbocycles. The number of nitrogens with zero attached hydrogens (tertiary/aromatic N) is 2. The van der Waals surface area contributed by atoms with E-state index in [1.807, 2.05) is 0 Å². The van der Waals surface area contributed by atoms with Crippen LogP contribution < -0.4 is 0 Å². The van der Waals surface area contributed by atoms with E-state index < -0.39 is 0 Å². The van der Waals surface area contributed by atoms with Gasteiger partial charge in [0.15, 0.2) is 0 Å². The first kappa shape index (κ1) is 23.1. The third kappa shape index (κ3) is 3.84. The number of fused-ring (bicyclic) bond motifs is 5. The molecular weight excluding hydrogens is 384 g/mol. The highest BCUT2D eigenvalue weighted by Crippen LogP contribution is 2.68. The fourth-order valence-electron chi connectivity index (χ4n) is 9.18. The van der Waals surface area contributed by atoms with Gasteiger partial charge in [-0.3, -0.25) is 0 Å². The van der Waals surface area contributed by atoms with Gasteiger partial charge in [-0.25, -0.2) is 0 Å². The zero-order chi connectivity index (χ0) is 22.4. The van der Waals surface area contributed by atoms with Crippen LogP contribution in [0, 0.1) is 52.3 Å². The zero-order valence-electron chi connectivity index (χ0n) is 20.6. The second-order valence-electron chi connectivity index (χ2n) is 12.7. The quantitative estimate of drug-likeness (QED) is 0.353. The number of hydrogen-bond acceptors (Lipinski definition) is 4. The van der Waals surface area contributed by atoms with Crippen LogP contribution in [0.1, 0.15) is 105 Å². The Hall–Kier alpha value is -1.06. The molecule has 4 saturated carbocycles. The lowest BCUT2D eigenvalue weighted by Gasteiger charge is -2.60. The largest absolute Gasteiger partial charge is 0.411 e. The molecule has 0 aromatic heterocycles. The maximum absolute atomic E-state index is 9.58. The predicted octanol–water partition coefficient (Wildman–Crippen LogP) is 7.38. The molecule has 0 saturated heterocycles. The number of hydrogen-bond donors (Lipinski definition) is 2. The molecular formula is C27H46N2O2. The van der Waals surface area contributed by atoms with Crippen LogP contribution in [0.5, 0.6) is 0 Å². The predicted molar refractivity (Wildman–Crippen MR) is 127 cm³/mol. The monoisotopic (exact) mass is 430 g/mol. The highest BCUT2D eigenvalue weighted by molar-refractivity contribution is 6.42. The lowest BCUT2D eigenvalue weighted by Crippen LogP contribution is -2.55. The Balaban J connectivity index is 1.50. The van der Waals surface area contributed by atoms with Gasteiger partial charge in [-0.05, 0) is 97.2 Å². The van der Waals surface area contributed by atoms with Gasteiger partial charge in [-0.1, -0.05) is 64.2 Å². The average molecular weight is 431 g/mol. The summed E-state index contributed by atoms with van der Waals surface area (Å²) in [6, 6.07) is 0. The highest BCUT2D eigenvalue weighted by Gasteiger charge is 2.61. The van der Waals surface area contributed by atoms with Gasteiger partial charge in [0.2, 0.25) is 0 Å². The molecule has 0 spiro atoms. The molecule has 8 atom stereocenters. The number of oxime groups is 2. The van der Waals surface area contributed by atoms with Gasteiger partial charge in [-0.2, -0.15) is 0 Å². The minimum atomic E-state index is 0.182. The molecule has 0 heterocycles. The second-order valence-corrected chi connectivity index (χ2v) is 12.7. The summed E-state index contributed by atoms with van der Waals surface area (Å²) in [6.45, 7) is 12.4. The molecule has 4 rings (SSSR count). The van der Waals surface area contributed by atoms with Gasteiger partial charge >= 0.3 is 0 Å². The van der Waals surface area contributed by atoms with Crippen molar-refractivity contribution in [3.63, 3.8) is 0 Å². The maximum Gasteiger partial charge on any atom is 0.105 e. The summed E-state index contributed by atoms with van der Waals surface area (Å²) in [6.07, 6.45) is 13.8. The first-order chi connectivity index (χ1) is 14.7. The molecule has 0 amide bonds. The van der Waals surface area contributed by atoms with Gasteiger partial charge in [0.05, 0.1) is 0 Å². The Labute approximate surface area is 189 Å². The normalized spacial score (nSPS) is 46.1. The molecule has 0 aromatic carbocycles. The van der Waals surface area contributed by atoms with E-state index in [1.54, 1.807) is 0 Å². The Bertz CT molecular complexity index is 716. The molecule has 31 heavy (non-hydrogen) atoms.